The number of aryl methyl sites for hydroxylation is 3. The van der Waals surface area contributed by atoms with E-state index in [-0.39, 0.29) is 0 Å². The molecule has 7 rings (SSSR count). The third-order valence-corrected chi connectivity index (χ3v) is 9.15. The highest BCUT2D eigenvalue weighted by Gasteiger charge is 2.13. The number of ether oxygens (including phenoxy) is 1. The van der Waals surface area contributed by atoms with Crippen LogP contribution in [0, 0.1) is 6.92 Å². The largest absolute Gasteiger partial charge is 0.497 e. The molecule has 0 saturated carbocycles. The van der Waals surface area contributed by atoms with Crippen molar-refractivity contribution >= 4 is 46.3 Å². The summed E-state index contributed by atoms with van der Waals surface area (Å²) in [5.74, 6) is 0.843. The fraction of sp³-hybridized carbons (Fsp3) is 0.0833. The smallest absolute Gasteiger partial charge is 0.119 e. The van der Waals surface area contributed by atoms with Crippen molar-refractivity contribution in [3.05, 3.63) is 210 Å². The van der Waals surface area contributed by atoms with Crippen LogP contribution in [0.15, 0.2) is 182 Å². The first kappa shape index (κ1) is 33.2. The minimum atomic E-state index is 0.843. The van der Waals surface area contributed by atoms with Crippen molar-refractivity contribution in [1.82, 2.24) is 0 Å². The standard InChI is InChI=1S/C48H42N2O/c1-37-13-27-44(28-14-37)49(42-9-5-3-6-10-42)45-29-23-40(24-30-45)21-19-38-15-17-39(18-16-38)20-22-41-25-31-46(32-26-41)50(43-11-7-4-8-12-43)47-33-35-48(51-2)36-34-47/h3-18,20,22-36H,19,21H2,1-2H3. The van der Waals surface area contributed by atoms with Crippen LogP contribution in [0.5, 0.6) is 5.75 Å². The number of benzene rings is 7. The van der Waals surface area contributed by atoms with Crippen molar-refractivity contribution in [3.63, 3.8) is 0 Å². The van der Waals surface area contributed by atoms with Gasteiger partial charge in [0.25, 0.3) is 0 Å². The number of hydrogen-bond donors (Lipinski definition) is 0. The molecule has 0 N–H and O–H groups in total. The second-order valence-corrected chi connectivity index (χ2v) is 12.7. The molecule has 0 aliphatic rings. The SMILES string of the molecule is COc1ccc(N(c2ccccc2)c2ccc(C=Cc3ccc(CCc4ccc(N(c5ccccc5)c5ccc(C)cc5)cc4)cc3)cc2)cc1. The molecule has 3 nitrogen and oxygen atoms in total. The average Bonchev–Trinajstić information content (AvgIpc) is 3.20. The van der Waals surface area contributed by atoms with Gasteiger partial charge in [-0.3, -0.25) is 0 Å². The summed E-state index contributed by atoms with van der Waals surface area (Å²) in [6, 6.07) is 64.5. The van der Waals surface area contributed by atoms with Crippen molar-refractivity contribution in [1.29, 1.82) is 0 Å². The third-order valence-electron chi connectivity index (χ3n) is 9.15. The lowest BCUT2D eigenvalue weighted by Crippen LogP contribution is -2.09. The molecule has 0 atom stereocenters. The summed E-state index contributed by atoms with van der Waals surface area (Å²) in [4.78, 5) is 4.57. The molecule has 0 bridgehead atoms. The van der Waals surface area contributed by atoms with Crippen LogP contribution < -0.4 is 14.5 Å². The number of para-hydroxylation sites is 2. The normalized spacial score (nSPS) is 11.0. The van der Waals surface area contributed by atoms with E-state index in [4.69, 9.17) is 4.74 Å². The third kappa shape index (κ3) is 8.29. The van der Waals surface area contributed by atoms with Crippen LogP contribution in [-0.4, -0.2) is 7.11 Å². The van der Waals surface area contributed by atoms with Crippen LogP contribution in [0.25, 0.3) is 12.2 Å². The molecular formula is C48H42N2O. The highest BCUT2D eigenvalue weighted by molar-refractivity contribution is 5.79. The first-order valence-electron chi connectivity index (χ1n) is 17.5. The molecule has 0 spiro atoms. The van der Waals surface area contributed by atoms with Crippen molar-refractivity contribution in [3.8, 4) is 5.75 Å². The van der Waals surface area contributed by atoms with Gasteiger partial charge in [0.1, 0.15) is 5.75 Å². The summed E-state index contributed by atoms with van der Waals surface area (Å²) < 4.78 is 5.39. The lowest BCUT2D eigenvalue weighted by molar-refractivity contribution is 0.415. The van der Waals surface area contributed by atoms with Gasteiger partial charge in [-0.25, -0.2) is 0 Å². The van der Waals surface area contributed by atoms with E-state index >= 15 is 0 Å². The van der Waals surface area contributed by atoms with Gasteiger partial charge in [-0.05, 0) is 127 Å². The van der Waals surface area contributed by atoms with Gasteiger partial charge in [0.05, 0.1) is 7.11 Å². The van der Waals surface area contributed by atoms with E-state index < -0.39 is 0 Å². The van der Waals surface area contributed by atoms with E-state index in [1.54, 1.807) is 7.11 Å². The van der Waals surface area contributed by atoms with Crippen molar-refractivity contribution in [2.75, 3.05) is 16.9 Å². The van der Waals surface area contributed by atoms with Gasteiger partial charge in [-0.15, -0.1) is 0 Å². The molecule has 7 aromatic rings. The van der Waals surface area contributed by atoms with Crippen molar-refractivity contribution in [2.24, 2.45) is 0 Å². The van der Waals surface area contributed by atoms with Gasteiger partial charge in [-0.2, -0.15) is 0 Å². The Kier molecular flexibility index (Phi) is 10.4. The second-order valence-electron chi connectivity index (χ2n) is 12.7. The molecule has 0 saturated heterocycles. The quantitative estimate of drug-likeness (QED) is 0.121. The Morgan fingerprint density at radius 3 is 1.16 bits per heavy atom. The van der Waals surface area contributed by atoms with E-state index in [9.17, 15) is 0 Å². The number of anilines is 6. The zero-order valence-electron chi connectivity index (χ0n) is 29.2. The maximum Gasteiger partial charge on any atom is 0.119 e. The van der Waals surface area contributed by atoms with Crippen LogP contribution in [0.3, 0.4) is 0 Å². The van der Waals surface area contributed by atoms with E-state index in [1.807, 2.05) is 18.2 Å². The van der Waals surface area contributed by atoms with Gasteiger partial charge in [-0.1, -0.05) is 115 Å². The maximum absolute atomic E-state index is 5.39. The molecule has 0 unspecified atom stereocenters. The molecule has 0 radical (unpaired) electrons. The van der Waals surface area contributed by atoms with Gasteiger partial charge in [0, 0.05) is 34.1 Å². The molecule has 3 heteroatoms. The molecule has 0 aliphatic heterocycles. The summed E-state index contributed by atoms with van der Waals surface area (Å²) in [6.07, 6.45) is 6.35. The van der Waals surface area contributed by atoms with E-state index in [2.05, 4.69) is 193 Å². The molecule has 7 aromatic carbocycles. The molecule has 0 fully saturated rings. The second kappa shape index (κ2) is 15.9. The number of nitrogens with zero attached hydrogens (tertiary/aromatic N) is 2. The topological polar surface area (TPSA) is 15.7 Å². The fourth-order valence-electron chi connectivity index (χ4n) is 6.30. The lowest BCUT2D eigenvalue weighted by atomic mass is 10.0. The highest BCUT2D eigenvalue weighted by Crippen LogP contribution is 2.36. The number of methoxy groups -OCH3 is 1. The highest BCUT2D eigenvalue weighted by atomic mass is 16.5. The van der Waals surface area contributed by atoms with Crippen molar-refractivity contribution < 1.29 is 4.74 Å². The number of hydrogen-bond acceptors (Lipinski definition) is 3. The molecule has 51 heavy (non-hydrogen) atoms. The summed E-state index contributed by atoms with van der Waals surface area (Å²) in [6.45, 7) is 2.13. The van der Waals surface area contributed by atoms with Gasteiger partial charge in [0.15, 0.2) is 0 Å². The van der Waals surface area contributed by atoms with Gasteiger partial charge in [0.2, 0.25) is 0 Å². The Balaban J connectivity index is 0.984. The monoisotopic (exact) mass is 662 g/mol. The van der Waals surface area contributed by atoms with Crippen LogP contribution in [-0.2, 0) is 12.8 Å². The first-order valence-corrected chi connectivity index (χ1v) is 17.5. The summed E-state index contributed by atoms with van der Waals surface area (Å²) in [5, 5.41) is 0. The Hall–Kier alpha value is -6.32. The van der Waals surface area contributed by atoms with Crippen LogP contribution >= 0.6 is 0 Å². The Morgan fingerprint density at radius 2 is 0.725 bits per heavy atom. The number of rotatable bonds is 12. The predicted molar refractivity (Wildman–Crippen MR) is 216 cm³/mol. The van der Waals surface area contributed by atoms with Gasteiger partial charge >= 0.3 is 0 Å². The molecular weight excluding hydrogens is 621 g/mol. The van der Waals surface area contributed by atoms with E-state index in [1.165, 1.54) is 22.3 Å². The zero-order valence-corrected chi connectivity index (χ0v) is 29.2. The zero-order chi connectivity index (χ0) is 34.8. The van der Waals surface area contributed by atoms with Crippen LogP contribution in [0.1, 0.15) is 27.8 Å². The fourth-order valence-corrected chi connectivity index (χ4v) is 6.30. The minimum absolute atomic E-state index is 0.843. The summed E-state index contributed by atoms with van der Waals surface area (Å²) in [7, 11) is 1.69. The first-order chi connectivity index (χ1) is 25.1. The molecule has 0 amide bonds. The molecule has 0 aliphatic carbocycles. The molecule has 250 valence electrons. The van der Waals surface area contributed by atoms with Crippen LogP contribution in [0.2, 0.25) is 0 Å². The molecule has 0 heterocycles. The Bertz CT molecular complexity index is 2140. The lowest BCUT2D eigenvalue weighted by Gasteiger charge is -2.25. The van der Waals surface area contributed by atoms with E-state index in [0.717, 1.165) is 58.3 Å². The minimum Gasteiger partial charge on any atom is -0.497 e. The Morgan fingerprint density at radius 1 is 0.392 bits per heavy atom. The maximum atomic E-state index is 5.39. The van der Waals surface area contributed by atoms with E-state index in [0.29, 0.717) is 0 Å². The van der Waals surface area contributed by atoms with Gasteiger partial charge < -0.3 is 14.5 Å². The summed E-state index contributed by atoms with van der Waals surface area (Å²) >= 11 is 0. The average molecular weight is 663 g/mol. The predicted octanol–water partition coefficient (Wildman–Crippen LogP) is 12.9. The summed E-state index contributed by atoms with van der Waals surface area (Å²) in [5.41, 5.74) is 13.0. The molecule has 0 aromatic heterocycles. The van der Waals surface area contributed by atoms with Crippen LogP contribution in [0.4, 0.5) is 34.1 Å². The Labute approximate surface area is 302 Å². The van der Waals surface area contributed by atoms with Crippen molar-refractivity contribution in [2.45, 2.75) is 19.8 Å².